The molecule has 0 saturated heterocycles. The molecule has 0 radical (unpaired) electrons. The van der Waals surface area contributed by atoms with E-state index in [-0.39, 0.29) is 12.1 Å². The summed E-state index contributed by atoms with van der Waals surface area (Å²) in [4.78, 5) is 7.57. The molecule has 3 heterocycles. The van der Waals surface area contributed by atoms with Crippen LogP contribution >= 0.6 is 11.6 Å². The maximum absolute atomic E-state index is 13.5. The third kappa shape index (κ3) is 2.06. The van der Waals surface area contributed by atoms with Crippen LogP contribution in [-0.4, -0.2) is 24.1 Å². The average molecular weight is 284 g/mol. The fourth-order valence-electron chi connectivity index (χ4n) is 1.85. The molecule has 3 rings (SSSR count). The van der Waals surface area contributed by atoms with Crippen molar-refractivity contribution in [2.75, 3.05) is 0 Å². The molecular weight excluding hydrogens is 276 g/mol. The second-order valence-electron chi connectivity index (χ2n) is 3.92. The standard InChI is InChI=1S/C11H8ClF2N5/c12-9-1-2-10-15-4-7(19(10)17-9)3-8-11(14)16-6-18(8)5-13/h1-2,4,6H,3,5H2. The molecule has 0 atom stereocenters. The molecule has 3 aromatic heterocycles. The number of aromatic nitrogens is 5. The number of hydrogen-bond acceptors (Lipinski definition) is 3. The van der Waals surface area contributed by atoms with Crippen LogP contribution < -0.4 is 0 Å². The first-order valence-corrected chi connectivity index (χ1v) is 5.81. The van der Waals surface area contributed by atoms with Crippen LogP contribution in [0.2, 0.25) is 5.15 Å². The lowest BCUT2D eigenvalue weighted by Crippen LogP contribution is -2.05. The Bertz CT molecular complexity index is 736. The summed E-state index contributed by atoms with van der Waals surface area (Å²) in [6, 6.07) is 3.31. The quantitative estimate of drug-likeness (QED) is 0.741. The van der Waals surface area contributed by atoms with Crippen molar-refractivity contribution in [3.05, 3.63) is 47.1 Å². The van der Waals surface area contributed by atoms with E-state index < -0.39 is 12.7 Å². The van der Waals surface area contributed by atoms with Gasteiger partial charge in [-0.25, -0.2) is 18.9 Å². The number of nitrogens with zero attached hydrogens (tertiary/aromatic N) is 5. The Kier molecular flexibility index (Phi) is 2.90. The van der Waals surface area contributed by atoms with Crippen molar-refractivity contribution in [2.24, 2.45) is 0 Å². The summed E-state index contributed by atoms with van der Waals surface area (Å²) >= 11 is 5.81. The predicted octanol–water partition coefficient (Wildman–Crippen LogP) is 2.24. The molecule has 0 aromatic carbocycles. The first-order valence-electron chi connectivity index (χ1n) is 5.43. The highest BCUT2D eigenvalue weighted by atomic mass is 35.5. The second-order valence-corrected chi connectivity index (χ2v) is 4.31. The maximum Gasteiger partial charge on any atom is 0.234 e. The minimum atomic E-state index is -0.836. The van der Waals surface area contributed by atoms with Crippen molar-refractivity contribution >= 4 is 17.2 Å². The van der Waals surface area contributed by atoms with Gasteiger partial charge in [0.15, 0.2) is 12.4 Å². The Morgan fingerprint density at radius 3 is 2.89 bits per heavy atom. The van der Waals surface area contributed by atoms with E-state index in [1.807, 2.05) is 0 Å². The third-order valence-electron chi connectivity index (χ3n) is 2.77. The Balaban J connectivity index is 2.05. The summed E-state index contributed by atoms with van der Waals surface area (Å²) < 4.78 is 28.8. The number of hydrogen-bond donors (Lipinski definition) is 0. The van der Waals surface area contributed by atoms with E-state index in [2.05, 4.69) is 15.1 Å². The first kappa shape index (κ1) is 12.0. The minimum absolute atomic E-state index is 0.129. The van der Waals surface area contributed by atoms with E-state index >= 15 is 0 Å². The van der Waals surface area contributed by atoms with Gasteiger partial charge in [-0.2, -0.15) is 9.49 Å². The van der Waals surface area contributed by atoms with Crippen LogP contribution in [0.1, 0.15) is 11.4 Å². The lowest BCUT2D eigenvalue weighted by atomic mass is 10.2. The molecule has 0 bridgehead atoms. The molecule has 0 fully saturated rings. The zero-order valence-electron chi connectivity index (χ0n) is 9.59. The van der Waals surface area contributed by atoms with Gasteiger partial charge in [0.2, 0.25) is 5.95 Å². The van der Waals surface area contributed by atoms with Crippen molar-refractivity contribution in [1.29, 1.82) is 0 Å². The monoisotopic (exact) mass is 283 g/mol. The van der Waals surface area contributed by atoms with Gasteiger partial charge >= 0.3 is 0 Å². The van der Waals surface area contributed by atoms with Crippen LogP contribution in [0.3, 0.4) is 0 Å². The molecule has 0 aliphatic heterocycles. The van der Waals surface area contributed by atoms with Crippen LogP contribution in [0.15, 0.2) is 24.7 Å². The summed E-state index contributed by atoms with van der Waals surface area (Å²) in [6.45, 7) is -0.836. The Morgan fingerprint density at radius 2 is 2.11 bits per heavy atom. The van der Waals surface area contributed by atoms with Gasteiger partial charge in [0, 0.05) is 6.42 Å². The second kappa shape index (κ2) is 4.58. The number of rotatable bonds is 3. The van der Waals surface area contributed by atoms with Crippen molar-refractivity contribution in [1.82, 2.24) is 24.1 Å². The van der Waals surface area contributed by atoms with Crippen LogP contribution in [0.5, 0.6) is 0 Å². The number of alkyl halides is 1. The molecule has 0 spiro atoms. The van der Waals surface area contributed by atoms with E-state index in [0.29, 0.717) is 16.5 Å². The molecule has 3 aromatic rings. The molecule has 19 heavy (non-hydrogen) atoms. The zero-order chi connectivity index (χ0) is 13.4. The van der Waals surface area contributed by atoms with E-state index in [0.717, 1.165) is 10.9 Å². The van der Waals surface area contributed by atoms with Gasteiger partial charge in [0.25, 0.3) is 0 Å². The Hall–Kier alpha value is -2.02. The maximum atomic E-state index is 13.5. The molecule has 5 nitrogen and oxygen atoms in total. The lowest BCUT2D eigenvalue weighted by molar-refractivity contribution is 0.367. The van der Waals surface area contributed by atoms with Crippen LogP contribution in [0, 0.1) is 5.95 Å². The van der Waals surface area contributed by atoms with E-state index in [1.165, 1.54) is 4.52 Å². The largest absolute Gasteiger partial charge is 0.303 e. The highest BCUT2D eigenvalue weighted by Gasteiger charge is 2.14. The third-order valence-corrected chi connectivity index (χ3v) is 2.97. The Labute approximate surface area is 111 Å². The van der Waals surface area contributed by atoms with Crippen molar-refractivity contribution in [2.45, 2.75) is 13.2 Å². The van der Waals surface area contributed by atoms with E-state index in [4.69, 9.17) is 11.6 Å². The summed E-state index contributed by atoms with van der Waals surface area (Å²) in [7, 11) is 0. The first-order chi connectivity index (χ1) is 9.19. The van der Waals surface area contributed by atoms with Gasteiger partial charge < -0.3 is 4.57 Å². The van der Waals surface area contributed by atoms with Gasteiger partial charge in [-0.3, -0.25) is 0 Å². The minimum Gasteiger partial charge on any atom is -0.303 e. The number of imidazole rings is 2. The average Bonchev–Trinajstić information content (AvgIpc) is 2.95. The smallest absolute Gasteiger partial charge is 0.234 e. The van der Waals surface area contributed by atoms with Gasteiger partial charge in [-0.15, -0.1) is 0 Å². The zero-order valence-corrected chi connectivity index (χ0v) is 10.3. The summed E-state index contributed by atoms with van der Waals surface area (Å²) in [5, 5.41) is 4.37. The van der Waals surface area contributed by atoms with Crippen molar-refractivity contribution in [3.63, 3.8) is 0 Å². The molecule has 0 saturated carbocycles. The number of fused-ring (bicyclic) bond motifs is 1. The molecule has 0 aliphatic rings. The van der Waals surface area contributed by atoms with Crippen LogP contribution in [0.4, 0.5) is 8.78 Å². The normalized spacial score (nSPS) is 11.3. The fraction of sp³-hybridized carbons (Fsp3) is 0.182. The summed E-state index contributed by atoms with van der Waals surface area (Å²) in [5.41, 5.74) is 1.34. The van der Waals surface area contributed by atoms with Crippen LogP contribution in [0.25, 0.3) is 5.65 Å². The van der Waals surface area contributed by atoms with Gasteiger partial charge in [0.1, 0.15) is 11.5 Å². The Morgan fingerprint density at radius 1 is 1.26 bits per heavy atom. The SMILES string of the molecule is FCn1cnc(F)c1Cc1cnc2ccc(Cl)nn12. The topological polar surface area (TPSA) is 48.0 Å². The summed E-state index contributed by atoms with van der Waals surface area (Å²) in [5.74, 6) is -0.699. The van der Waals surface area contributed by atoms with Gasteiger partial charge in [-0.05, 0) is 12.1 Å². The van der Waals surface area contributed by atoms with E-state index in [9.17, 15) is 8.78 Å². The predicted molar refractivity (Wildman–Crippen MR) is 64.1 cm³/mol. The molecule has 98 valence electrons. The molecule has 0 N–H and O–H groups in total. The molecule has 0 unspecified atom stereocenters. The van der Waals surface area contributed by atoms with Crippen molar-refractivity contribution in [3.8, 4) is 0 Å². The highest BCUT2D eigenvalue weighted by Crippen LogP contribution is 2.15. The van der Waals surface area contributed by atoms with Crippen LogP contribution in [-0.2, 0) is 13.2 Å². The molecule has 0 amide bonds. The van der Waals surface area contributed by atoms with E-state index in [1.54, 1.807) is 18.3 Å². The summed E-state index contributed by atoms with van der Waals surface area (Å²) in [6.07, 6.45) is 2.80. The molecular formula is C11H8ClF2N5. The number of halogens is 3. The fourth-order valence-corrected chi connectivity index (χ4v) is 1.99. The molecule has 0 aliphatic carbocycles. The highest BCUT2D eigenvalue weighted by molar-refractivity contribution is 6.29. The molecule has 8 heteroatoms. The van der Waals surface area contributed by atoms with Crippen molar-refractivity contribution < 1.29 is 8.78 Å². The van der Waals surface area contributed by atoms with Gasteiger partial charge in [-0.1, -0.05) is 11.6 Å². The lowest BCUT2D eigenvalue weighted by Gasteiger charge is -2.03. The van der Waals surface area contributed by atoms with Gasteiger partial charge in [0.05, 0.1) is 17.6 Å².